The predicted molar refractivity (Wildman–Crippen MR) is 65.6 cm³/mol. The summed E-state index contributed by atoms with van der Waals surface area (Å²) in [6.07, 6.45) is 0.839. The zero-order valence-corrected chi connectivity index (χ0v) is 11.8. The standard InChI is InChI=1S/C9H20NO5PS/c1-3-8(2)10(7-16(11,12)13)9-4-5-17(14,15)6-9/h8-9H,3-7H2,1-2H3,(H2,11,12,13). The molecule has 6 nitrogen and oxygen atoms in total. The summed E-state index contributed by atoms with van der Waals surface area (Å²) in [5.41, 5.74) is 0. The highest BCUT2D eigenvalue weighted by molar-refractivity contribution is 7.91. The second-order valence-corrected chi connectivity index (χ2v) is 8.48. The molecule has 1 aliphatic heterocycles. The Morgan fingerprint density at radius 3 is 2.41 bits per heavy atom. The fourth-order valence-electron chi connectivity index (χ4n) is 2.10. The fraction of sp³-hybridized carbons (Fsp3) is 1.00. The highest BCUT2D eigenvalue weighted by atomic mass is 32.2. The Labute approximate surface area is 102 Å². The van der Waals surface area contributed by atoms with E-state index < -0.39 is 17.4 Å². The van der Waals surface area contributed by atoms with Crippen molar-refractivity contribution < 1.29 is 22.8 Å². The van der Waals surface area contributed by atoms with E-state index in [0.717, 1.165) is 6.42 Å². The molecule has 1 heterocycles. The van der Waals surface area contributed by atoms with Crippen molar-refractivity contribution in [3.05, 3.63) is 0 Å². The first-order valence-corrected chi connectivity index (χ1v) is 9.27. The third kappa shape index (κ3) is 4.67. The van der Waals surface area contributed by atoms with Crippen molar-refractivity contribution >= 4 is 17.4 Å². The Morgan fingerprint density at radius 2 is 2.06 bits per heavy atom. The Bertz CT molecular complexity index is 404. The summed E-state index contributed by atoms with van der Waals surface area (Å²) < 4.78 is 33.9. The monoisotopic (exact) mass is 285 g/mol. The van der Waals surface area contributed by atoms with Crippen LogP contribution in [0, 0.1) is 0 Å². The van der Waals surface area contributed by atoms with E-state index in [1.165, 1.54) is 0 Å². The number of hydrogen-bond donors (Lipinski definition) is 2. The normalized spacial score (nSPS) is 26.3. The van der Waals surface area contributed by atoms with E-state index in [0.29, 0.717) is 6.42 Å². The average Bonchev–Trinajstić information content (AvgIpc) is 2.52. The summed E-state index contributed by atoms with van der Waals surface area (Å²) in [7, 11) is -7.18. The van der Waals surface area contributed by atoms with Crippen LogP contribution in [0.25, 0.3) is 0 Å². The van der Waals surface area contributed by atoms with Crippen LogP contribution in [0.1, 0.15) is 26.7 Å². The molecule has 1 fully saturated rings. The lowest BCUT2D eigenvalue weighted by Gasteiger charge is -2.33. The SMILES string of the molecule is CCC(C)N(CP(=O)(O)O)C1CCS(=O)(=O)C1. The number of nitrogens with zero attached hydrogens (tertiary/aromatic N) is 1. The molecule has 1 saturated heterocycles. The highest BCUT2D eigenvalue weighted by Crippen LogP contribution is 2.38. The maximum atomic E-state index is 11.4. The third-order valence-corrected chi connectivity index (χ3v) is 5.63. The van der Waals surface area contributed by atoms with Crippen LogP contribution in [-0.2, 0) is 14.4 Å². The van der Waals surface area contributed by atoms with Crippen molar-refractivity contribution in [1.29, 1.82) is 0 Å². The molecule has 0 spiro atoms. The molecule has 0 amide bonds. The van der Waals surface area contributed by atoms with Gasteiger partial charge in [0.15, 0.2) is 9.84 Å². The molecule has 0 bridgehead atoms. The lowest BCUT2D eigenvalue weighted by atomic mass is 10.1. The Balaban J connectivity index is 2.81. The predicted octanol–water partition coefficient (Wildman–Crippen LogP) is 0.409. The molecular formula is C9H20NO5PS. The molecule has 0 radical (unpaired) electrons. The first-order chi connectivity index (χ1) is 7.64. The molecule has 8 heteroatoms. The minimum atomic E-state index is -4.15. The van der Waals surface area contributed by atoms with Crippen molar-refractivity contribution in [2.24, 2.45) is 0 Å². The lowest BCUT2D eigenvalue weighted by molar-refractivity contribution is 0.167. The van der Waals surface area contributed by atoms with Gasteiger partial charge in [0.25, 0.3) is 0 Å². The van der Waals surface area contributed by atoms with Gasteiger partial charge in [-0.2, -0.15) is 0 Å². The van der Waals surface area contributed by atoms with Crippen molar-refractivity contribution in [1.82, 2.24) is 4.90 Å². The first kappa shape index (κ1) is 15.1. The van der Waals surface area contributed by atoms with Crippen molar-refractivity contribution in [3.8, 4) is 0 Å². The summed E-state index contributed by atoms with van der Waals surface area (Å²) in [5.74, 6) is 0.128. The van der Waals surface area contributed by atoms with E-state index in [1.807, 2.05) is 13.8 Å². The van der Waals surface area contributed by atoms with Gasteiger partial charge in [-0.05, 0) is 19.8 Å². The van der Waals surface area contributed by atoms with Crippen LogP contribution in [0.15, 0.2) is 0 Å². The number of rotatable bonds is 5. The van der Waals surface area contributed by atoms with Gasteiger partial charge < -0.3 is 9.79 Å². The topological polar surface area (TPSA) is 94.9 Å². The second kappa shape index (κ2) is 5.36. The molecule has 0 aromatic heterocycles. The van der Waals surface area contributed by atoms with E-state index in [2.05, 4.69) is 0 Å². The minimum Gasteiger partial charge on any atom is -0.324 e. The molecule has 1 rings (SSSR count). The molecule has 0 aliphatic carbocycles. The molecule has 2 unspecified atom stereocenters. The van der Waals surface area contributed by atoms with E-state index >= 15 is 0 Å². The van der Waals surface area contributed by atoms with E-state index in [4.69, 9.17) is 9.79 Å². The van der Waals surface area contributed by atoms with Crippen molar-refractivity contribution in [3.63, 3.8) is 0 Å². The van der Waals surface area contributed by atoms with Gasteiger partial charge in [-0.3, -0.25) is 9.46 Å². The van der Waals surface area contributed by atoms with Crippen molar-refractivity contribution in [2.75, 3.05) is 17.8 Å². The van der Waals surface area contributed by atoms with Crippen LogP contribution < -0.4 is 0 Å². The van der Waals surface area contributed by atoms with Crippen LogP contribution in [0.2, 0.25) is 0 Å². The molecule has 2 N–H and O–H groups in total. The Hall–Kier alpha value is 0.0600. The summed E-state index contributed by atoms with van der Waals surface area (Å²) in [5, 5.41) is 0. The Kier molecular flexibility index (Phi) is 4.77. The molecule has 2 atom stereocenters. The van der Waals surface area contributed by atoms with Crippen LogP contribution in [0.4, 0.5) is 0 Å². The van der Waals surface area contributed by atoms with Gasteiger partial charge in [-0.25, -0.2) is 8.42 Å². The van der Waals surface area contributed by atoms with Gasteiger partial charge in [-0.1, -0.05) is 6.92 Å². The lowest BCUT2D eigenvalue weighted by Crippen LogP contribution is -2.42. The summed E-state index contributed by atoms with van der Waals surface area (Å²) in [6.45, 7) is 3.78. The van der Waals surface area contributed by atoms with Crippen LogP contribution >= 0.6 is 7.60 Å². The van der Waals surface area contributed by atoms with Gasteiger partial charge >= 0.3 is 7.60 Å². The van der Waals surface area contributed by atoms with Crippen LogP contribution in [0.5, 0.6) is 0 Å². The zero-order valence-electron chi connectivity index (χ0n) is 10.1. The van der Waals surface area contributed by atoms with E-state index in [-0.39, 0.29) is 29.9 Å². The van der Waals surface area contributed by atoms with Gasteiger partial charge in [0.1, 0.15) is 6.29 Å². The molecule has 1 aliphatic rings. The van der Waals surface area contributed by atoms with Crippen LogP contribution in [-0.4, -0.2) is 53.0 Å². The summed E-state index contributed by atoms with van der Waals surface area (Å²) in [6, 6.07) is -0.288. The van der Waals surface area contributed by atoms with Gasteiger partial charge in [0, 0.05) is 12.1 Å². The zero-order chi connectivity index (χ0) is 13.3. The number of hydrogen-bond acceptors (Lipinski definition) is 4. The average molecular weight is 285 g/mol. The maximum Gasteiger partial charge on any atom is 0.339 e. The first-order valence-electron chi connectivity index (χ1n) is 5.65. The van der Waals surface area contributed by atoms with E-state index in [9.17, 15) is 13.0 Å². The molecule has 0 saturated carbocycles. The highest BCUT2D eigenvalue weighted by Gasteiger charge is 2.36. The van der Waals surface area contributed by atoms with Crippen molar-refractivity contribution in [2.45, 2.75) is 38.8 Å². The molecule has 0 aromatic rings. The largest absolute Gasteiger partial charge is 0.339 e. The van der Waals surface area contributed by atoms with E-state index in [1.54, 1.807) is 4.90 Å². The van der Waals surface area contributed by atoms with Gasteiger partial charge in [0.05, 0.1) is 11.5 Å². The second-order valence-electron chi connectivity index (χ2n) is 4.63. The minimum absolute atomic E-state index is 0.0112. The summed E-state index contributed by atoms with van der Waals surface area (Å²) >= 11 is 0. The molecule has 17 heavy (non-hydrogen) atoms. The summed E-state index contributed by atoms with van der Waals surface area (Å²) in [4.78, 5) is 19.7. The number of sulfone groups is 1. The molecule has 0 aromatic carbocycles. The van der Waals surface area contributed by atoms with Gasteiger partial charge in [-0.15, -0.1) is 0 Å². The fourth-order valence-corrected chi connectivity index (χ4v) is 4.78. The quantitative estimate of drug-likeness (QED) is 0.710. The smallest absolute Gasteiger partial charge is 0.324 e. The molecular weight excluding hydrogens is 265 g/mol. The third-order valence-electron chi connectivity index (χ3n) is 3.18. The maximum absolute atomic E-state index is 11.4. The Morgan fingerprint density at radius 1 is 1.47 bits per heavy atom. The van der Waals surface area contributed by atoms with Gasteiger partial charge in [0.2, 0.25) is 0 Å². The molecule has 102 valence electrons. The van der Waals surface area contributed by atoms with Crippen LogP contribution in [0.3, 0.4) is 0 Å².